The molecule has 6 heteroatoms. The molecule has 1 aromatic carbocycles. The molecule has 0 aliphatic heterocycles. The van der Waals surface area contributed by atoms with Crippen LogP contribution >= 0.6 is 0 Å². The molecule has 0 fully saturated rings. The van der Waals surface area contributed by atoms with Gasteiger partial charge in [0.1, 0.15) is 5.56 Å². The number of aromatic nitrogens is 4. The van der Waals surface area contributed by atoms with E-state index in [1.54, 1.807) is 6.92 Å². The van der Waals surface area contributed by atoms with Gasteiger partial charge in [0.2, 0.25) is 0 Å². The van der Waals surface area contributed by atoms with E-state index >= 15 is 0 Å². The van der Waals surface area contributed by atoms with Crippen molar-refractivity contribution in [2.45, 2.75) is 13.8 Å². The molecule has 2 heterocycles. The number of hydrogen-bond donors (Lipinski definition) is 1. The molecule has 0 amide bonds. The van der Waals surface area contributed by atoms with Crippen molar-refractivity contribution in [3.05, 3.63) is 47.4 Å². The van der Waals surface area contributed by atoms with Crippen LogP contribution in [0.3, 0.4) is 0 Å². The van der Waals surface area contributed by atoms with Crippen molar-refractivity contribution in [3.8, 4) is 5.82 Å². The minimum atomic E-state index is -1.000. The summed E-state index contributed by atoms with van der Waals surface area (Å²) < 4.78 is 1.51. The molecular weight excluding hydrogens is 256 g/mol. The van der Waals surface area contributed by atoms with Gasteiger partial charge in [0, 0.05) is 0 Å². The molecule has 0 spiro atoms. The van der Waals surface area contributed by atoms with Gasteiger partial charge in [0.05, 0.1) is 28.6 Å². The van der Waals surface area contributed by atoms with Crippen LogP contribution in [0.25, 0.3) is 16.9 Å². The highest BCUT2D eigenvalue weighted by Crippen LogP contribution is 2.18. The van der Waals surface area contributed by atoms with Gasteiger partial charge in [0.25, 0.3) is 0 Å². The number of carboxylic acids is 1. The van der Waals surface area contributed by atoms with E-state index in [4.69, 9.17) is 5.11 Å². The first-order valence-electron chi connectivity index (χ1n) is 6.09. The summed E-state index contributed by atoms with van der Waals surface area (Å²) in [5.41, 5.74) is 2.95. The molecule has 0 aliphatic rings. The molecule has 0 saturated heterocycles. The summed E-state index contributed by atoms with van der Waals surface area (Å²) in [4.78, 5) is 20.1. The Balaban J connectivity index is 2.24. The Morgan fingerprint density at radius 1 is 1.15 bits per heavy atom. The van der Waals surface area contributed by atoms with E-state index in [9.17, 15) is 4.79 Å². The molecule has 0 atom stereocenters. The number of aryl methyl sites for hydroxylation is 1. The number of carbonyl (C=O) groups is 1. The van der Waals surface area contributed by atoms with Crippen LogP contribution in [0.5, 0.6) is 0 Å². The quantitative estimate of drug-likeness (QED) is 0.770. The SMILES string of the molecule is Cc1nc2ccccc2nc1-n1ncc(C(=O)O)c1C. The van der Waals surface area contributed by atoms with Gasteiger partial charge in [0.15, 0.2) is 5.82 Å². The first kappa shape index (κ1) is 12.3. The Bertz CT molecular complexity index is 823. The number of rotatable bonds is 2. The summed E-state index contributed by atoms with van der Waals surface area (Å²) in [5, 5.41) is 13.2. The number of fused-ring (bicyclic) bond motifs is 1. The fraction of sp³-hybridized carbons (Fsp3) is 0.143. The van der Waals surface area contributed by atoms with Crippen molar-refractivity contribution in [2.24, 2.45) is 0 Å². The Labute approximate surface area is 114 Å². The van der Waals surface area contributed by atoms with Crippen LogP contribution in [0.2, 0.25) is 0 Å². The molecule has 0 radical (unpaired) electrons. The minimum absolute atomic E-state index is 0.166. The van der Waals surface area contributed by atoms with Crippen LogP contribution in [0.15, 0.2) is 30.5 Å². The zero-order valence-corrected chi connectivity index (χ0v) is 11.0. The lowest BCUT2D eigenvalue weighted by Gasteiger charge is -2.08. The van der Waals surface area contributed by atoms with Gasteiger partial charge in [-0.25, -0.2) is 19.4 Å². The van der Waals surface area contributed by atoms with E-state index < -0.39 is 5.97 Å². The lowest BCUT2D eigenvalue weighted by atomic mass is 10.2. The molecule has 2 aromatic heterocycles. The number of carboxylic acid groups (broad SMARTS) is 1. The molecule has 0 saturated carbocycles. The van der Waals surface area contributed by atoms with Crippen LogP contribution in [0.1, 0.15) is 21.7 Å². The first-order valence-corrected chi connectivity index (χ1v) is 6.09. The van der Waals surface area contributed by atoms with Crippen molar-refractivity contribution in [1.82, 2.24) is 19.7 Å². The van der Waals surface area contributed by atoms with Gasteiger partial charge in [-0.1, -0.05) is 12.1 Å². The van der Waals surface area contributed by atoms with Crippen molar-refractivity contribution in [3.63, 3.8) is 0 Å². The number of nitrogens with zero attached hydrogens (tertiary/aromatic N) is 4. The van der Waals surface area contributed by atoms with Gasteiger partial charge in [-0.05, 0) is 26.0 Å². The Morgan fingerprint density at radius 2 is 1.80 bits per heavy atom. The van der Waals surface area contributed by atoms with E-state index in [0.29, 0.717) is 17.2 Å². The van der Waals surface area contributed by atoms with Crippen LogP contribution in [0, 0.1) is 13.8 Å². The zero-order valence-electron chi connectivity index (χ0n) is 11.0. The van der Waals surface area contributed by atoms with Crippen molar-refractivity contribution < 1.29 is 9.90 Å². The van der Waals surface area contributed by atoms with Crippen molar-refractivity contribution >= 4 is 17.0 Å². The number of para-hydroxylation sites is 2. The predicted molar refractivity (Wildman–Crippen MR) is 73.1 cm³/mol. The summed E-state index contributed by atoms with van der Waals surface area (Å²) >= 11 is 0. The predicted octanol–water partition coefficient (Wildman–Crippen LogP) is 2.13. The van der Waals surface area contributed by atoms with Crippen LogP contribution in [0.4, 0.5) is 0 Å². The number of aromatic carboxylic acids is 1. The second-order valence-electron chi connectivity index (χ2n) is 4.48. The summed E-state index contributed by atoms with van der Waals surface area (Å²) in [6, 6.07) is 7.53. The summed E-state index contributed by atoms with van der Waals surface area (Å²) in [7, 11) is 0. The van der Waals surface area contributed by atoms with E-state index in [1.807, 2.05) is 31.2 Å². The molecule has 100 valence electrons. The third-order valence-electron chi connectivity index (χ3n) is 3.16. The molecule has 0 aliphatic carbocycles. The van der Waals surface area contributed by atoms with Gasteiger partial charge in [-0.3, -0.25) is 0 Å². The maximum atomic E-state index is 11.1. The minimum Gasteiger partial charge on any atom is -0.478 e. The standard InChI is InChI=1S/C14H12N4O2/c1-8-13(17-12-6-4-3-5-11(12)16-8)18-9(2)10(7-15-18)14(19)20/h3-7H,1-2H3,(H,19,20). The molecule has 3 aromatic rings. The monoisotopic (exact) mass is 268 g/mol. The average molecular weight is 268 g/mol. The van der Waals surface area contributed by atoms with Gasteiger partial charge < -0.3 is 5.11 Å². The Morgan fingerprint density at radius 3 is 2.40 bits per heavy atom. The van der Waals surface area contributed by atoms with E-state index in [-0.39, 0.29) is 5.56 Å². The lowest BCUT2D eigenvalue weighted by molar-refractivity contribution is 0.0696. The number of hydrogen-bond acceptors (Lipinski definition) is 4. The van der Waals surface area contributed by atoms with Gasteiger partial charge in [-0.2, -0.15) is 5.10 Å². The summed E-state index contributed by atoms with van der Waals surface area (Å²) in [5.74, 6) is -0.450. The fourth-order valence-electron chi connectivity index (χ4n) is 2.11. The molecule has 20 heavy (non-hydrogen) atoms. The molecule has 3 rings (SSSR count). The van der Waals surface area contributed by atoms with Crippen LogP contribution in [-0.2, 0) is 0 Å². The second kappa shape index (κ2) is 4.41. The lowest BCUT2D eigenvalue weighted by Crippen LogP contribution is -2.07. The van der Waals surface area contributed by atoms with Crippen LogP contribution in [-0.4, -0.2) is 30.8 Å². The Hall–Kier alpha value is -2.76. The van der Waals surface area contributed by atoms with Crippen molar-refractivity contribution in [1.29, 1.82) is 0 Å². The molecule has 0 bridgehead atoms. The maximum Gasteiger partial charge on any atom is 0.339 e. The summed E-state index contributed by atoms with van der Waals surface area (Å²) in [6.45, 7) is 3.53. The molecule has 1 N–H and O–H groups in total. The van der Waals surface area contributed by atoms with Gasteiger partial charge in [-0.15, -0.1) is 0 Å². The normalized spacial score (nSPS) is 10.9. The van der Waals surface area contributed by atoms with E-state index in [2.05, 4.69) is 15.1 Å². The highest BCUT2D eigenvalue weighted by molar-refractivity contribution is 5.88. The fourth-order valence-corrected chi connectivity index (χ4v) is 2.11. The van der Waals surface area contributed by atoms with E-state index in [0.717, 1.165) is 11.0 Å². The van der Waals surface area contributed by atoms with Crippen molar-refractivity contribution in [2.75, 3.05) is 0 Å². The third kappa shape index (κ3) is 1.82. The highest BCUT2D eigenvalue weighted by atomic mass is 16.4. The maximum absolute atomic E-state index is 11.1. The highest BCUT2D eigenvalue weighted by Gasteiger charge is 2.16. The summed E-state index contributed by atoms with van der Waals surface area (Å²) in [6.07, 6.45) is 1.33. The second-order valence-corrected chi connectivity index (χ2v) is 4.48. The molecule has 0 unspecified atom stereocenters. The molecular formula is C14H12N4O2. The third-order valence-corrected chi connectivity index (χ3v) is 3.16. The van der Waals surface area contributed by atoms with Gasteiger partial charge >= 0.3 is 5.97 Å². The molecule has 6 nitrogen and oxygen atoms in total. The topological polar surface area (TPSA) is 80.9 Å². The smallest absolute Gasteiger partial charge is 0.339 e. The zero-order chi connectivity index (χ0) is 14.3. The number of benzene rings is 1. The first-order chi connectivity index (χ1) is 9.58. The van der Waals surface area contributed by atoms with Crippen LogP contribution < -0.4 is 0 Å². The average Bonchev–Trinajstić information content (AvgIpc) is 2.80. The Kier molecular flexibility index (Phi) is 2.71. The largest absolute Gasteiger partial charge is 0.478 e. The van der Waals surface area contributed by atoms with E-state index in [1.165, 1.54) is 10.9 Å².